The van der Waals surface area contributed by atoms with Gasteiger partial charge in [0, 0.05) is 51.2 Å². The van der Waals surface area contributed by atoms with Crippen molar-refractivity contribution in [3.05, 3.63) is 41.6 Å². The summed E-state index contributed by atoms with van der Waals surface area (Å²) < 4.78 is 34.5. The van der Waals surface area contributed by atoms with Crippen molar-refractivity contribution in [3.8, 4) is 0 Å². The number of hydrogen-bond acceptors (Lipinski definition) is 5. The second kappa shape index (κ2) is 7.65. The molecule has 3 rings (SSSR count). The molecule has 2 aliphatic heterocycles. The third-order valence-electron chi connectivity index (χ3n) is 5.00. The highest BCUT2D eigenvalue weighted by atomic mass is 19.1. The predicted octanol–water partition coefficient (Wildman–Crippen LogP) is 3.42. The summed E-state index contributed by atoms with van der Waals surface area (Å²) in [5.41, 5.74) is -0.759. The molecule has 6 nitrogen and oxygen atoms in total. The maximum atomic E-state index is 14.6. The number of amides is 1. The highest BCUT2D eigenvalue weighted by Crippen LogP contribution is 2.36. The Labute approximate surface area is 169 Å². The van der Waals surface area contributed by atoms with E-state index in [-0.39, 0.29) is 18.2 Å². The Bertz CT molecular complexity index is 825. The van der Waals surface area contributed by atoms with Crippen LogP contribution in [-0.2, 0) is 4.74 Å². The Balaban J connectivity index is 1.74. The second-order valence-corrected chi connectivity index (χ2v) is 8.76. The molecule has 0 spiro atoms. The molecule has 2 fully saturated rings. The molecule has 1 aromatic carbocycles. The van der Waals surface area contributed by atoms with E-state index in [4.69, 9.17) is 4.74 Å². The Morgan fingerprint density at radius 1 is 1.14 bits per heavy atom. The molecule has 0 N–H and O–H groups in total. The fourth-order valence-electron chi connectivity index (χ4n) is 3.79. The van der Waals surface area contributed by atoms with E-state index < -0.39 is 28.6 Å². The van der Waals surface area contributed by atoms with E-state index in [0.717, 1.165) is 6.08 Å². The number of fused-ring (bicyclic) bond motifs is 2. The summed E-state index contributed by atoms with van der Waals surface area (Å²) in [6.45, 7) is 6.35. The van der Waals surface area contributed by atoms with Crippen LogP contribution >= 0.6 is 0 Å². The van der Waals surface area contributed by atoms with Gasteiger partial charge in [0.1, 0.15) is 17.2 Å². The van der Waals surface area contributed by atoms with Crippen LogP contribution in [0.2, 0.25) is 0 Å². The Morgan fingerprint density at radius 3 is 2.24 bits per heavy atom. The third-order valence-corrected chi connectivity index (χ3v) is 5.00. The topological polar surface area (TPSA) is 53.1 Å². The van der Waals surface area contributed by atoms with Crippen molar-refractivity contribution >= 4 is 17.6 Å². The molecule has 2 bridgehead atoms. The number of hydrogen-bond donors (Lipinski definition) is 0. The van der Waals surface area contributed by atoms with Crippen molar-refractivity contribution in [3.63, 3.8) is 0 Å². The number of ketones is 1. The minimum Gasteiger partial charge on any atom is -0.444 e. The van der Waals surface area contributed by atoms with Crippen molar-refractivity contribution < 1.29 is 23.1 Å². The molecule has 0 radical (unpaired) electrons. The number of piperazine rings is 1. The van der Waals surface area contributed by atoms with Gasteiger partial charge >= 0.3 is 6.09 Å². The smallest absolute Gasteiger partial charge is 0.410 e. The quantitative estimate of drug-likeness (QED) is 0.566. The largest absolute Gasteiger partial charge is 0.444 e. The summed E-state index contributed by atoms with van der Waals surface area (Å²) in [6.07, 6.45) is 2.93. The molecular formula is C21H27F2N3O3. The Morgan fingerprint density at radius 2 is 1.76 bits per heavy atom. The van der Waals surface area contributed by atoms with E-state index in [9.17, 15) is 18.4 Å². The maximum Gasteiger partial charge on any atom is 0.410 e. The summed E-state index contributed by atoms with van der Waals surface area (Å²) in [5, 5.41) is 0. The van der Waals surface area contributed by atoms with Gasteiger partial charge in [-0.25, -0.2) is 13.6 Å². The zero-order valence-electron chi connectivity index (χ0n) is 17.4. The lowest BCUT2D eigenvalue weighted by atomic mass is 10.1. The van der Waals surface area contributed by atoms with Gasteiger partial charge < -0.3 is 19.4 Å². The van der Waals surface area contributed by atoms with Gasteiger partial charge in [0.25, 0.3) is 0 Å². The molecule has 2 aliphatic rings. The van der Waals surface area contributed by atoms with Gasteiger partial charge in [-0.1, -0.05) is 0 Å². The fraction of sp³-hybridized carbons (Fsp3) is 0.524. The zero-order valence-corrected chi connectivity index (χ0v) is 17.4. The first-order chi connectivity index (χ1) is 13.5. The molecule has 2 saturated heterocycles. The minimum atomic E-state index is -0.889. The second-order valence-electron chi connectivity index (χ2n) is 8.76. The van der Waals surface area contributed by atoms with E-state index in [0.29, 0.717) is 25.2 Å². The van der Waals surface area contributed by atoms with Crippen molar-refractivity contribution in [2.75, 3.05) is 32.1 Å². The van der Waals surface area contributed by atoms with Gasteiger partial charge in [0.15, 0.2) is 5.78 Å². The number of nitrogens with zero attached hydrogens (tertiary/aromatic N) is 3. The summed E-state index contributed by atoms with van der Waals surface area (Å²) in [7, 11) is 3.42. The fourth-order valence-corrected chi connectivity index (χ4v) is 3.79. The van der Waals surface area contributed by atoms with Gasteiger partial charge in [-0.3, -0.25) is 4.79 Å². The van der Waals surface area contributed by atoms with E-state index in [1.54, 1.807) is 23.9 Å². The molecule has 1 amide bonds. The summed E-state index contributed by atoms with van der Waals surface area (Å²) >= 11 is 0. The summed E-state index contributed by atoms with van der Waals surface area (Å²) in [5.74, 6) is -2.50. The molecule has 2 unspecified atom stereocenters. The number of allylic oxidation sites excluding steroid dienone is 1. The van der Waals surface area contributed by atoms with Crippen molar-refractivity contribution in [2.24, 2.45) is 0 Å². The van der Waals surface area contributed by atoms with E-state index >= 15 is 0 Å². The van der Waals surface area contributed by atoms with Crippen LogP contribution in [0.1, 0.15) is 37.6 Å². The van der Waals surface area contributed by atoms with Crippen molar-refractivity contribution in [2.45, 2.75) is 44.9 Å². The molecule has 0 saturated carbocycles. The van der Waals surface area contributed by atoms with E-state index in [1.165, 1.54) is 18.3 Å². The Hall–Kier alpha value is -2.64. The van der Waals surface area contributed by atoms with Gasteiger partial charge in [-0.15, -0.1) is 0 Å². The molecule has 1 aromatic rings. The van der Waals surface area contributed by atoms with Gasteiger partial charge in [-0.05, 0) is 39.3 Å². The van der Waals surface area contributed by atoms with Crippen LogP contribution in [-0.4, -0.2) is 66.5 Å². The van der Waals surface area contributed by atoms with Crippen LogP contribution in [0.4, 0.5) is 19.3 Å². The van der Waals surface area contributed by atoms with Crippen LogP contribution < -0.4 is 4.90 Å². The Kier molecular flexibility index (Phi) is 5.56. The molecule has 0 aliphatic carbocycles. The zero-order chi connectivity index (χ0) is 21.5. The highest BCUT2D eigenvalue weighted by Gasteiger charge is 2.46. The van der Waals surface area contributed by atoms with E-state index in [1.807, 2.05) is 25.7 Å². The summed E-state index contributed by atoms with van der Waals surface area (Å²) in [4.78, 5) is 29.7. The molecule has 2 heterocycles. The highest BCUT2D eigenvalue weighted by molar-refractivity contribution is 6.05. The first-order valence-electron chi connectivity index (χ1n) is 9.60. The standard InChI is InChI=1S/C21H27F2N3O3/c1-21(2,3)29-20(28)26-12-14-8-15(26)11-25(14)13-9-16(22)19(17(23)10-13)18(27)6-7-24(4)5/h6-7,9-10,14-15H,8,11-12H2,1-5H3/b7-6+. The molecule has 0 aromatic heterocycles. The number of likely N-dealkylation sites (tertiary alicyclic amines) is 1. The van der Waals surface area contributed by atoms with Gasteiger partial charge in [-0.2, -0.15) is 0 Å². The normalized spacial score (nSPS) is 21.2. The number of anilines is 1. The average Bonchev–Trinajstić information content (AvgIpc) is 3.18. The number of carbonyl (C=O) groups is 2. The lowest BCUT2D eigenvalue weighted by Crippen LogP contribution is -2.50. The molecular weight excluding hydrogens is 380 g/mol. The van der Waals surface area contributed by atoms with Crippen LogP contribution in [0, 0.1) is 11.6 Å². The molecule has 29 heavy (non-hydrogen) atoms. The first-order valence-corrected chi connectivity index (χ1v) is 9.60. The van der Waals surface area contributed by atoms with Crippen molar-refractivity contribution in [1.82, 2.24) is 9.80 Å². The monoisotopic (exact) mass is 407 g/mol. The molecule has 158 valence electrons. The van der Waals surface area contributed by atoms with Gasteiger partial charge in [0.2, 0.25) is 0 Å². The van der Waals surface area contributed by atoms with Crippen LogP contribution in [0.3, 0.4) is 0 Å². The van der Waals surface area contributed by atoms with Crippen LogP contribution in [0.25, 0.3) is 0 Å². The third kappa shape index (κ3) is 4.52. The number of ether oxygens (including phenoxy) is 1. The van der Waals surface area contributed by atoms with Gasteiger partial charge in [0.05, 0.1) is 11.6 Å². The van der Waals surface area contributed by atoms with Crippen molar-refractivity contribution in [1.29, 1.82) is 0 Å². The first kappa shape index (κ1) is 21.1. The number of rotatable bonds is 4. The summed E-state index contributed by atoms with van der Waals surface area (Å²) in [6, 6.07) is 2.28. The lowest BCUT2D eigenvalue weighted by Gasteiger charge is -2.36. The lowest BCUT2D eigenvalue weighted by molar-refractivity contribution is 0.0214. The predicted molar refractivity (Wildman–Crippen MR) is 106 cm³/mol. The van der Waals surface area contributed by atoms with Crippen LogP contribution in [0.15, 0.2) is 24.4 Å². The number of benzene rings is 1. The number of halogens is 2. The molecule has 8 heteroatoms. The van der Waals surface area contributed by atoms with Crippen LogP contribution in [0.5, 0.6) is 0 Å². The number of carbonyl (C=O) groups excluding carboxylic acids is 2. The van der Waals surface area contributed by atoms with E-state index in [2.05, 4.69) is 0 Å². The average molecular weight is 407 g/mol. The maximum absolute atomic E-state index is 14.6. The molecule has 2 atom stereocenters. The minimum absolute atomic E-state index is 0.0403. The SMILES string of the molecule is CN(C)/C=C/C(=O)c1c(F)cc(N2CC3CC2CN3C(=O)OC(C)(C)C)cc1F.